The molecule has 2 aromatic carbocycles. The molecule has 0 unspecified atom stereocenters. The van der Waals surface area contributed by atoms with Crippen molar-refractivity contribution in [2.24, 2.45) is 0 Å². The molecule has 0 saturated heterocycles. The smallest absolute Gasteiger partial charge is 0.316 e. The number of para-hydroxylation sites is 2. The third-order valence-corrected chi connectivity index (χ3v) is 5.58. The van der Waals surface area contributed by atoms with Crippen LogP contribution >= 0.6 is 34.7 Å². The summed E-state index contributed by atoms with van der Waals surface area (Å²) in [5, 5.41) is 3.02. The maximum absolute atomic E-state index is 11.8. The van der Waals surface area contributed by atoms with Crippen molar-refractivity contribution in [1.29, 1.82) is 0 Å². The van der Waals surface area contributed by atoms with Gasteiger partial charge in [0.2, 0.25) is 0 Å². The number of thioether (sulfide) groups is 1. The van der Waals surface area contributed by atoms with E-state index in [4.69, 9.17) is 16.3 Å². The van der Waals surface area contributed by atoms with Crippen LogP contribution in [0, 0.1) is 0 Å². The minimum Gasteiger partial charge on any atom is -0.455 e. The molecule has 25 heavy (non-hydrogen) atoms. The Labute approximate surface area is 157 Å². The van der Waals surface area contributed by atoms with Gasteiger partial charge in [0.1, 0.15) is 0 Å². The highest BCUT2D eigenvalue weighted by atomic mass is 35.5. The molecule has 0 atom stereocenters. The second-order valence-electron chi connectivity index (χ2n) is 4.92. The summed E-state index contributed by atoms with van der Waals surface area (Å²) in [7, 11) is 0. The number of aromatic nitrogens is 1. The first kappa shape index (κ1) is 17.7. The minimum absolute atomic E-state index is 0.0964. The van der Waals surface area contributed by atoms with Crippen LogP contribution in [0.3, 0.4) is 0 Å². The van der Waals surface area contributed by atoms with Gasteiger partial charge < -0.3 is 10.1 Å². The Morgan fingerprint density at radius 1 is 1.16 bits per heavy atom. The van der Waals surface area contributed by atoms with Gasteiger partial charge in [0, 0.05) is 0 Å². The number of esters is 1. The van der Waals surface area contributed by atoms with Crippen molar-refractivity contribution in [3.63, 3.8) is 0 Å². The lowest BCUT2D eigenvalue weighted by atomic mass is 10.3. The molecular formula is C17H13ClN2O3S2. The highest BCUT2D eigenvalue weighted by molar-refractivity contribution is 8.01. The average molecular weight is 393 g/mol. The Morgan fingerprint density at radius 3 is 2.72 bits per heavy atom. The van der Waals surface area contributed by atoms with Crippen molar-refractivity contribution in [1.82, 2.24) is 4.98 Å². The molecule has 0 radical (unpaired) electrons. The lowest BCUT2D eigenvalue weighted by Gasteiger charge is -2.07. The van der Waals surface area contributed by atoms with Crippen LogP contribution in [-0.4, -0.2) is 29.2 Å². The molecule has 1 heterocycles. The molecule has 0 spiro atoms. The Bertz CT molecular complexity index is 881. The van der Waals surface area contributed by atoms with E-state index in [-0.39, 0.29) is 12.4 Å². The Hall–Kier alpha value is -2.09. The summed E-state index contributed by atoms with van der Waals surface area (Å²) in [5.74, 6) is -0.816. The number of carbonyl (C=O) groups is 2. The molecule has 8 heteroatoms. The summed E-state index contributed by atoms with van der Waals surface area (Å²) in [6.07, 6.45) is 0. The zero-order chi connectivity index (χ0) is 17.6. The predicted octanol–water partition coefficient (Wildman–Crippen LogP) is 4.22. The van der Waals surface area contributed by atoms with Crippen LogP contribution in [-0.2, 0) is 14.3 Å². The SMILES string of the molecule is O=C(COC(=O)CSc1nc2ccccc2s1)Nc1ccccc1Cl. The number of ether oxygens (including phenoxy) is 1. The zero-order valence-electron chi connectivity index (χ0n) is 12.9. The van der Waals surface area contributed by atoms with E-state index in [1.165, 1.54) is 23.1 Å². The third kappa shape index (κ3) is 4.94. The van der Waals surface area contributed by atoms with E-state index in [1.807, 2.05) is 24.3 Å². The standard InChI is InChI=1S/C17H13ClN2O3S2/c18-11-5-1-2-6-12(11)19-15(21)9-23-16(22)10-24-17-20-13-7-3-4-8-14(13)25-17/h1-8H,9-10H2,(H,19,21). The van der Waals surface area contributed by atoms with Gasteiger partial charge in [0.15, 0.2) is 10.9 Å². The summed E-state index contributed by atoms with van der Waals surface area (Å²) in [6, 6.07) is 14.6. The highest BCUT2D eigenvalue weighted by Crippen LogP contribution is 2.29. The lowest BCUT2D eigenvalue weighted by molar-refractivity contribution is -0.144. The molecule has 1 amide bonds. The van der Waals surface area contributed by atoms with E-state index in [1.54, 1.807) is 24.3 Å². The Balaban J connectivity index is 1.44. The summed E-state index contributed by atoms with van der Waals surface area (Å²) in [4.78, 5) is 28.0. The van der Waals surface area contributed by atoms with Crippen molar-refractivity contribution in [3.05, 3.63) is 53.6 Å². The fourth-order valence-corrected chi connectivity index (χ4v) is 4.02. The quantitative estimate of drug-likeness (QED) is 0.502. The largest absolute Gasteiger partial charge is 0.455 e. The number of amides is 1. The maximum Gasteiger partial charge on any atom is 0.316 e. The molecule has 0 aliphatic heterocycles. The van der Waals surface area contributed by atoms with Crippen molar-refractivity contribution in [2.75, 3.05) is 17.7 Å². The van der Waals surface area contributed by atoms with Crippen molar-refractivity contribution in [2.45, 2.75) is 4.34 Å². The van der Waals surface area contributed by atoms with Crippen molar-refractivity contribution >= 4 is 62.5 Å². The van der Waals surface area contributed by atoms with Gasteiger partial charge in [-0.2, -0.15) is 0 Å². The van der Waals surface area contributed by atoms with E-state index in [0.29, 0.717) is 10.7 Å². The fourth-order valence-electron chi connectivity index (χ4n) is 1.97. The van der Waals surface area contributed by atoms with Crippen LogP contribution in [0.5, 0.6) is 0 Å². The van der Waals surface area contributed by atoms with Crippen LogP contribution in [0.2, 0.25) is 5.02 Å². The average Bonchev–Trinajstić information content (AvgIpc) is 3.03. The number of thiazole rings is 1. The number of rotatable bonds is 6. The number of carbonyl (C=O) groups excluding carboxylic acids is 2. The Morgan fingerprint density at radius 2 is 1.92 bits per heavy atom. The first-order valence-electron chi connectivity index (χ1n) is 7.30. The number of nitrogens with one attached hydrogen (secondary N) is 1. The fraction of sp³-hybridized carbons (Fsp3) is 0.118. The van der Waals surface area contributed by atoms with Gasteiger partial charge in [-0.15, -0.1) is 11.3 Å². The summed E-state index contributed by atoms with van der Waals surface area (Å²) in [6.45, 7) is -0.357. The summed E-state index contributed by atoms with van der Waals surface area (Å²) < 4.78 is 6.83. The molecule has 3 rings (SSSR count). The number of hydrogen-bond donors (Lipinski definition) is 1. The molecule has 0 fully saturated rings. The monoisotopic (exact) mass is 392 g/mol. The van der Waals surface area contributed by atoms with E-state index in [9.17, 15) is 9.59 Å². The van der Waals surface area contributed by atoms with Crippen LogP contribution in [0.25, 0.3) is 10.2 Å². The molecule has 0 aliphatic carbocycles. The summed E-state index contributed by atoms with van der Waals surface area (Å²) in [5.41, 5.74) is 1.39. The number of benzene rings is 2. The van der Waals surface area contributed by atoms with Gasteiger partial charge in [0.25, 0.3) is 5.91 Å². The number of anilines is 1. The summed E-state index contributed by atoms with van der Waals surface area (Å²) >= 11 is 8.76. The molecule has 1 aromatic heterocycles. The van der Waals surface area contributed by atoms with Gasteiger partial charge in [-0.3, -0.25) is 9.59 Å². The van der Waals surface area contributed by atoms with Crippen molar-refractivity contribution in [3.8, 4) is 0 Å². The zero-order valence-corrected chi connectivity index (χ0v) is 15.3. The number of fused-ring (bicyclic) bond motifs is 1. The number of hydrogen-bond acceptors (Lipinski definition) is 6. The van der Waals surface area contributed by atoms with Crippen molar-refractivity contribution < 1.29 is 14.3 Å². The second-order valence-corrected chi connectivity index (χ2v) is 7.59. The van der Waals surface area contributed by atoms with E-state index < -0.39 is 11.9 Å². The van der Waals surface area contributed by atoms with Crippen LogP contribution < -0.4 is 5.32 Å². The van der Waals surface area contributed by atoms with E-state index in [2.05, 4.69) is 10.3 Å². The first-order valence-corrected chi connectivity index (χ1v) is 9.48. The molecule has 0 aliphatic rings. The number of halogens is 1. The molecule has 0 saturated carbocycles. The van der Waals surface area contributed by atoms with E-state index in [0.717, 1.165) is 14.6 Å². The highest BCUT2D eigenvalue weighted by Gasteiger charge is 2.11. The first-order chi connectivity index (χ1) is 12.1. The molecule has 1 N–H and O–H groups in total. The van der Waals surface area contributed by atoms with Gasteiger partial charge in [-0.05, 0) is 24.3 Å². The molecule has 5 nitrogen and oxygen atoms in total. The molecule has 0 bridgehead atoms. The van der Waals surface area contributed by atoms with Crippen LogP contribution in [0.1, 0.15) is 0 Å². The normalized spacial score (nSPS) is 10.6. The van der Waals surface area contributed by atoms with E-state index >= 15 is 0 Å². The Kier molecular flexibility index (Phi) is 5.91. The molecule has 128 valence electrons. The lowest BCUT2D eigenvalue weighted by Crippen LogP contribution is -2.21. The minimum atomic E-state index is -0.474. The van der Waals surface area contributed by atoms with Crippen LogP contribution in [0.15, 0.2) is 52.9 Å². The molecule has 3 aromatic rings. The molecular weight excluding hydrogens is 380 g/mol. The van der Waals surface area contributed by atoms with Gasteiger partial charge in [-0.25, -0.2) is 4.98 Å². The topological polar surface area (TPSA) is 68.3 Å². The maximum atomic E-state index is 11.8. The van der Waals surface area contributed by atoms with Crippen LogP contribution in [0.4, 0.5) is 5.69 Å². The van der Waals surface area contributed by atoms with Gasteiger partial charge in [-0.1, -0.05) is 47.6 Å². The number of nitrogens with zero attached hydrogens (tertiary/aromatic N) is 1. The predicted molar refractivity (Wildman–Crippen MR) is 101 cm³/mol. The van der Waals surface area contributed by atoms with Gasteiger partial charge >= 0.3 is 5.97 Å². The third-order valence-electron chi connectivity index (χ3n) is 3.10. The van der Waals surface area contributed by atoms with Gasteiger partial charge in [0.05, 0.1) is 26.7 Å². The second kappa shape index (κ2) is 8.33.